The maximum Gasteiger partial charge on any atom is 0.326 e. The van der Waals surface area contributed by atoms with E-state index in [1.54, 1.807) is 41.0 Å². The number of carbonyl (C=O) groups excluding carboxylic acids is 1. The first kappa shape index (κ1) is 21.9. The van der Waals surface area contributed by atoms with Crippen LogP contribution in [0, 0.1) is 0 Å². The molecular weight excluding hydrogens is 438 g/mol. The predicted molar refractivity (Wildman–Crippen MR) is 129 cm³/mol. The zero-order valence-electron chi connectivity index (χ0n) is 19.6. The van der Waals surface area contributed by atoms with Crippen molar-refractivity contribution in [3.63, 3.8) is 0 Å². The van der Waals surface area contributed by atoms with Crippen LogP contribution in [-0.2, 0) is 13.0 Å². The summed E-state index contributed by atoms with van der Waals surface area (Å²) in [7, 11) is 1.83. The summed E-state index contributed by atoms with van der Waals surface area (Å²) in [6.45, 7) is 9.31. The van der Waals surface area contributed by atoms with E-state index in [2.05, 4.69) is 18.9 Å². The molecule has 5 rings (SSSR count). The second-order valence-corrected chi connectivity index (χ2v) is 11.2. The van der Waals surface area contributed by atoms with Crippen LogP contribution >= 0.6 is 11.3 Å². The van der Waals surface area contributed by atoms with E-state index in [4.69, 9.17) is 9.72 Å². The van der Waals surface area contributed by atoms with Gasteiger partial charge in [-0.05, 0) is 45.4 Å². The maximum atomic E-state index is 12.8. The lowest BCUT2D eigenvalue weighted by molar-refractivity contribution is 0.0577. The number of fused-ring (bicyclic) bond motifs is 3. The van der Waals surface area contributed by atoms with Crippen molar-refractivity contribution in [3.8, 4) is 28.1 Å². The molecule has 0 aliphatic carbocycles. The molecule has 4 heterocycles. The van der Waals surface area contributed by atoms with Crippen LogP contribution in [-0.4, -0.2) is 62.1 Å². The molecule has 9 heteroatoms. The van der Waals surface area contributed by atoms with Gasteiger partial charge in [0.05, 0.1) is 36.2 Å². The molecule has 3 aromatic rings. The van der Waals surface area contributed by atoms with Crippen molar-refractivity contribution in [3.05, 3.63) is 35.5 Å². The van der Waals surface area contributed by atoms with Gasteiger partial charge in [-0.2, -0.15) is 5.10 Å². The van der Waals surface area contributed by atoms with Gasteiger partial charge in [0.25, 0.3) is 0 Å². The SMILES string of the molecule is CN1CC(C)(C)N(c2nc3c(s2)CCOc2cc(-c4cnn(CC(C)(C)O)c4)ccc2-3)C1=O. The van der Waals surface area contributed by atoms with Gasteiger partial charge in [0.15, 0.2) is 5.13 Å². The Balaban J connectivity index is 1.49. The Bertz CT molecular complexity index is 1220. The molecule has 0 spiro atoms. The minimum atomic E-state index is -0.834. The average Bonchev–Trinajstić information content (AvgIpc) is 3.35. The van der Waals surface area contributed by atoms with Crippen LogP contribution in [0.4, 0.5) is 9.93 Å². The number of rotatable bonds is 4. The highest BCUT2D eigenvalue weighted by molar-refractivity contribution is 7.16. The second-order valence-electron chi connectivity index (χ2n) is 10.1. The lowest BCUT2D eigenvalue weighted by Crippen LogP contribution is -2.42. The number of ether oxygens (including phenoxy) is 1. The molecule has 2 aromatic heterocycles. The maximum absolute atomic E-state index is 12.8. The fraction of sp³-hybridized carbons (Fsp3) is 0.458. The zero-order valence-corrected chi connectivity index (χ0v) is 20.4. The number of urea groups is 1. The molecule has 2 amide bonds. The topological polar surface area (TPSA) is 83.7 Å². The number of carbonyl (C=O) groups is 1. The van der Waals surface area contributed by atoms with Gasteiger partial charge in [-0.25, -0.2) is 9.78 Å². The van der Waals surface area contributed by atoms with Crippen LogP contribution < -0.4 is 9.64 Å². The van der Waals surface area contributed by atoms with Gasteiger partial charge in [-0.3, -0.25) is 9.58 Å². The van der Waals surface area contributed by atoms with E-state index in [1.165, 1.54) is 0 Å². The van der Waals surface area contributed by atoms with Crippen LogP contribution in [0.15, 0.2) is 30.6 Å². The molecule has 1 aromatic carbocycles. The summed E-state index contributed by atoms with van der Waals surface area (Å²) >= 11 is 1.58. The summed E-state index contributed by atoms with van der Waals surface area (Å²) in [5.41, 5.74) is 2.64. The number of amides is 2. The molecule has 2 aliphatic rings. The number of nitrogens with zero attached hydrogens (tertiary/aromatic N) is 5. The minimum absolute atomic E-state index is 0.0150. The van der Waals surface area contributed by atoms with Crippen LogP contribution in [0.1, 0.15) is 32.6 Å². The van der Waals surface area contributed by atoms with Crippen molar-refractivity contribution >= 4 is 22.5 Å². The monoisotopic (exact) mass is 467 g/mol. The molecule has 0 radical (unpaired) electrons. The minimum Gasteiger partial charge on any atom is -0.492 e. The molecule has 1 N–H and O–H groups in total. The van der Waals surface area contributed by atoms with E-state index < -0.39 is 5.60 Å². The van der Waals surface area contributed by atoms with E-state index >= 15 is 0 Å². The van der Waals surface area contributed by atoms with Crippen LogP contribution in [0.2, 0.25) is 0 Å². The lowest BCUT2D eigenvalue weighted by atomic mass is 10.0. The van der Waals surface area contributed by atoms with Gasteiger partial charge < -0.3 is 14.7 Å². The summed E-state index contributed by atoms with van der Waals surface area (Å²) in [5.74, 6) is 0.780. The van der Waals surface area contributed by atoms with Crippen LogP contribution in [0.5, 0.6) is 5.75 Å². The number of benzene rings is 1. The van der Waals surface area contributed by atoms with Crippen molar-refractivity contribution in [2.24, 2.45) is 0 Å². The summed E-state index contributed by atoms with van der Waals surface area (Å²) in [4.78, 5) is 22.4. The van der Waals surface area contributed by atoms with Crippen molar-refractivity contribution in [2.75, 3.05) is 25.1 Å². The molecule has 2 aliphatic heterocycles. The second kappa shape index (κ2) is 7.56. The Morgan fingerprint density at radius 2 is 2.06 bits per heavy atom. The quantitative estimate of drug-likeness (QED) is 0.626. The smallest absolute Gasteiger partial charge is 0.326 e. The average molecular weight is 468 g/mol. The molecule has 0 unspecified atom stereocenters. The summed E-state index contributed by atoms with van der Waals surface area (Å²) in [6, 6.07) is 6.09. The first-order valence-corrected chi connectivity index (χ1v) is 11.9. The molecule has 174 valence electrons. The van der Waals surface area contributed by atoms with Gasteiger partial charge in [-0.1, -0.05) is 6.07 Å². The summed E-state index contributed by atoms with van der Waals surface area (Å²) < 4.78 is 7.84. The van der Waals surface area contributed by atoms with Crippen molar-refractivity contribution in [2.45, 2.75) is 51.8 Å². The van der Waals surface area contributed by atoms with Crippen LogP contribution in [0.25, 0.3) is 22.4 Å². The third-order valence-electron chi connectivity index (χ3n) is 5.96. The number of likely N-dealkylation sites (N-methyl/N-ethyl adjacent to an activating group) is 1. The first-order valence-electron chi connectivity index (χ1n) is 11.1. The molecular formula is C24H29N5O3S. The molecule has 1 fully saturated rings. The summed E-state index contributed by atoms with van der Waals surface area (Å²) in [6.07, 6.45) is 4.48. The van der Waals surface area contributed by atoms with E-state index in [-0.39, 0.29) is 11.6 Å². The number of hydrogen-bond acceptors (Lipinski definition) is 6. The van der Waals surface area contributed by atoms with Crippen molar-refractivity contribution in [1.29, 1.82) is 0 Å². The van der Waals surface area contributed by atoms with E-state index in [0.29, 0.717) is 19.7 Å². The molecule has 0 saturated carbocycles. The van der Waals surface area contributed by atoms with E-state index in [1.807, 2.05) is 36.3 Å². The van der Waals surface area contributed by atoms with Crippen molar-refractivity contribution < 1.29 is 14.6 Å². The molecule has 8 nitrogen and oxygen atoms in total. The molecule has 0 atom stereocenters. The number of aromatic nitrogens is 3. The van der Waals surface area contributed by atoms with Gasteiger partial charge >= 0.3 is 6.03 Å². The number of anilines is 1. The number of aliphatic hydroxyl groups is 1. The highest BCUT2D eigenvalue weighted by Gasteiger charge is 2.44. The Hall–Kier alpha value is -2.91. The normalized spacial score (nSPS) is 17.6. The Morgan fingerprint density at radius 1 is 1.27 bits per heavy atom. The van der Waals surface area contributed by atoms with Crippen LogP contribution in [0.3, 0.4) is 0 Å². The van der Waals surface area contributed by atoms with Crippen molar-refractivity contribution in [1.82, 2.24) is 19.7 Å². The van der Waals surface area contributed by atoms with E-state index in [9.17, 15) is 9.90 Å². The molecule has 1 saturated heterocycles. The van der Waals surface area contributed by atoms with Gasteiger partial charge in [0, 0.05) is 42.2 Å². The third kappa shape index (κ3) is 4.00. The lowest BCUT2D eigenvalue weighted by Gasteiger charge is -2.27. The standard InChI is InChI=1S/C24H29N5O3S/c1-23(2)13-27(5)22(30)29(23)21-26-20-17-7-6-15(10-18(17)32-9-8-19(20)33-21)16-11-25-28(12-16)14-24(3,4)31/h6-7,10-12,31H,8-9,13-14H2,1-5H3. The Kier molecular flexibility index (Phi) is 5.02. The highest BCUT2D eigenvalue weighted by Crippen LogP contribution is 2.43. The van der Waals surface area contributed by atoms with E-state index in [0.717, 1.165) is 44.6 Å². The largest absolute Gasteiger partial charge is 0.492 e. The molecule has 0 bridgehead atoms. The van der Waals surface area contributed by atoms with Gasteiger partial charge in [0.1, 0.15) is 5.75 Å². The molecule has 33 heavy (non-hydrogen) atoms. The Morgan fingerprint density at radius 3 is 2.76 bits per heavy atom. The fourth-order valence-electron chi connectivity index (χ4n) is 4.57. The Labute approximate surface area is 197 Å². The van der Waals surface area contributed by atoms with Gasteiger partial charge in [-0.15, -0.1) is 11.3 Å². The first-order chi connectivity index (χ1) is 15.5. The number of thiazole rings is 1. The van der Waals surface area contributed by atoms with Gasteiger partial charge in [0.2, 0.25) is 0 Å². The predicted octanol–water partition coefficient (Wildman–Crippen LogP) is 4.03. The summed E-state index contributed by atoms with van der Waals surface area (Å²) in [5, 5.41) is 15.2. The third-order valence-corrected chi connectivity index (χ3v) is 7.06. The highest BCUT2D eigenvalue weighted by atomic mass is 32.1. The zero-order chi connectivity index (χ0) is 23.5. The fourth-order valence-corrected chi connectivity index (χ4v) is 5.78. The number of hydrogen-bond donors (Lipinski definition) is 1.